The minimum atomic E-state index is -0.547. The molecule has 0 saturated heterocycles. The van der Waals surface area contributed by atoms with E-state index in [0.717, 1.165) is 0 Å². The van der Waals surface area contributed by atoms with Gasteiger partial charge in [-0.05, 0) is 6.92 Å². The molecule has 16 heavy (non-hydrogen) atoms. The third-order valence-corrected chi connectivity index (χ3v) is 2.48. The van der Waals surface area contributed by atoms with Crippen molar-refractivity contribution < 1.29 is 10.0 Å². The second-order valence-corrected chi connectivity index (χ2v) is 3.83. The summed E-state index contributed by atoms with van der Waals surface area (Å²) in [5.41, 5.74) is -0.171. The molecule has 1 aromatic rings. The van der Waals surface area contributed by atoms with Crippen molar-refractivity contribution in [3.8, 4) is 0 Å². The van der Waals surface area contributed by atoms with E-state index in [2.05, 4.69) is 4.98 Å². The summed E-state index contributed by atoms with van der Waals surface area (Å²) in [4.78, 5) is 15.7. The Labute approximate surface area is 97.6 Å². The highest BCUT2D eigenvalue weighted by Crippen LogP contribution is 2.28. The summed E-state index contributed by atoms with van der Waals surface area (Å²) < 4.78 is 0. The number of halogens is 1. The summed E-state index contributed by atoms with van der Waals surface area (Å²) in [6.45, 7) is 1.62. The molecule has 0 aliphatic carbocycles. The highest BCUT2D eigenvalue weighted by molar-refractivity contribution is 6.30. The standard InChI is InChI=1S/C9H12ClN3O3/c1-6(5-14)12(2)9-8(13(15)16)3-7(10)4-11-9/h3-4,6,14H,5H2,1-2H3. The van der Waals surface area contributed by atoms with Gasteiger partial charge in [0, 0.05) is 19.3 Å². The van der Waals surface area contributed by atoms with Gasteiger partial charge in [0.05, 0.1) is 22.6 Å². The van der Waals surface area contributed by atoms with E-state index in [1.807, 2.05) is 0 Å². The Balaban J connectivity index is 3.17. The van der Waals surface area contributed by atoms with Gasteiger partial charge in [0.25, 0.3) is 0 Å². The van der Waals surface area contributed by atoms with E-state index >= 15 is 0 Å². The SMILES string of the molecule is CC(CO)N(C)c1ncc(Cl)cc1[N+](=O)[O-]. The number of likely N-dealkylation sites (N-methyl/N-ethyl adjacent to an activating group) is 1. The minimum Gasteiger partial charge on any atom is -0.394 e. The fraction of sp³-hybridized carbons (Fsp3) is 0.444. The van der Waals surface area contributed by atoms with Crippen LogP contribution in [0.25, 0.3) is 0 Å². The average Bonchev–Trinajstić information content (AvgIpc) is 2.26. The van der Waals surface area contributed by atoms with E-state index in [-0.39, 0.29) is 29.2 Å². The lowest BCUT2D eigenvalue weighted by atomic mass is 10.3. The van der Waals surface area contributed by atoms with E-state index < -0.39 is 4.92 Å². The highest BCUT2D eigenvalue weighted by atomic mass is 35.5. The molecule has 0 fully saturated rings. The molecule has 0 amide bonds. The van der Waals surface area contributed by atoms with Crippen LogP contribution < -0.4 is 4.90 Å². The van der Waals surface area contributed by atoms with Crippen LogP contribution in [0.1, 0.15) is 6.92 Å². The van der Waals surface area contributed by atoms with Gasteiger partial charge in [0.15, 0.2) is 0 Å². The molecule has 6 nitrogen and oxygen atoms in total. The molecule has 0 aliphatic rings. The monoisotopic (exact) mass is 245 g/mol. The summed E-state index contributed by atoms with van der Waals surface area (Å²) in [5.74, 6) is 0.191. The number of aromatic nitrogens is 1. The lowest BCUT2D eigenvalue weighted by Gasteiger charge is -2.23. The predicted octanol–water partition coefficient (Wildman–Crippen LogP) is 1.46. The van der Waals surface area contributed by atoms with Crippen molar-refractivity contribution in [2.24, 2.45) is 0 Å². The summed E-state index contributed by atoms with van der Waals surface area (Å²) in [6.07, 6.45) is 1.34. The Morgan fingerprint density at radius 2 is 2.38 bits per heavy atom. The molecular formula is C9H12ClN3O3. The largest absolute Gasteiger partial charge is 0.394 e. The van der Waals surface area contributed by atoms with Crippen LogP contribution in [0.3, 0.4) is 0 Å². The Hall–Kier alpha value is -1.40. The van der Waals surface area contributed by atoms with Gasteiger partial charge in [-0.15, -0.1) is 0 Å². The number of aliphatic hydroxyl groups is 1. The number of nitrogens with zero attached hydrogens (tertiary/aromatic N) is 3. The third-order valence-electron chi connectivity index (χ3n) is 2.27. The molecule has 0 bridgehead atoms. The molecule has 1 N–H and O–H groups in total. The van der Waals surface area contributed by atoms with Gasteiger partial charge >= 0.3 is 5.69 Å². The van der Waals surface area contributed by atoms with Gasteiger partial charge in [-0.25, -0.2) is 4.98 Å². The quantitative estimate of drug-likeness (QED) is 0.642. The van der Waals surface area contributed by atoms with Crippen LogP contribution >= 0.6 is 11.6 Å². The Kier molecular flexibility index (Phi) is 4.03. The molecule has 7 heteroatoms. The maximum absolute atomic E-state index is 10.8. The number of nitro groups is 1. The van der Waals surface area contributed by atoms with Gasteiger partial charge in [-0.1, -0.05) is 11.6 Å². The van der Waals surface area contributed by atoms with Gasteiger partial charge in [-0.2, -0.15) is 0 Å². The number of hydrogen-bond acceptors (Lipinski definition) is 5. The zero-order valence-corrected chi connectivity index (χ0v) is 9.68. The zero-order valence-electron chi connectivity index (χ0n) is 8.92. The molecular weight excluding hydrogens is 234 g/mol. The number of hydrogen-bond donors (Lipinski definition) is 1. The highest BCUT2D eigenvalue weighted by Gasteiger charge is 2.22. The number of rotatable bonds is 4. The van der Waals surface area contributed by atoms with E-state index in [1.54, 1.807) is 14.0 Å². The van der Waals surface area contributed by atoms with Crippen LogP contribution in [-0.4, -0.2) is 34.7 Å². The predicted molar refractivity (Wildman–Crippen MR) is 60.9 cm³/mol. The fourth-order valence-electron chi connectivity index (χ4n) is 1.16. The normalized spacial score (nSPS) is 12.2. The van der Waals surface area contributed by atoms with E-state index in [0.29, 0.717) is 0 Å². The topological polar surface area (TPSA) is 79.5 Å². The summed E-state index contributed by atoms with van der Waals surface area (Å²) in [5, 5.41) is 20.0. The maximum atomic E-state index is 10.8. The second kappa shape index (κ2) is 5.09. The number of aliphatic hydroxyl groups excluding tert-OH is 1. The first-order valence-electron chi connectivity index (χ1n) is 4.61. The second-order valence-electron chi connectivity index (χ2n) is 3.40. The first-order valence-corrected chi connectivity index (χ1v) is 4.98. The van der Waals surface area contributed by atoms with Crippen molar-refractivity contribution in [1.29, 1.82) is 0 Å². The van der Waals surface area contributed by atoms with Crippen molar-refractivity contribution >= 4 is 23.1 Å². The van der Waals surface area contributed by atoms with Crippen LogP contribution in [0.4, 0.5) is 11.5 Å². The van der Waals surface area contributed by atoms with Crippen molar-refractivity contribution in [2.75, 3.05) is 18.6 Å². The average molecular weight is 246 g/mol. The van der Waals surface area contributed by atoms with Crippen LogP contribution in [0.2, 0.25) is 5.02 Å². The first kappa shape index (κ1) is 12.7. The summed E-state index contributed by atoms with van der Waals surface area (Å²) >= 11 is 5.64. The molecule has 88 valence electrons. The van der Waals surface area contributed by atoms with E-state index in [1.165, 1.54) is 17.2 Å². The van der Waals surface area contributed by atoms with Crippen LogP contribution in [-0.2, 0) is 0 Å². The smallest absolute Gasteiger partial charge is 0.313 e. The molecule has 0 spiro atoms. The van der Waals surface area contributed by atoms with Crippen molar-refractivity contribution in [3.05, 3.63) is 27.4 Å². The van der Waals surface area contributed by atoms with Crippen molar-refractivity contribution in [3.63, 3.8) is 0 Å². The molecule has 0 radical (unpaired) electrons. The van der Waals surface area contributed by atoms with Gasteiger partial charge in [0.1, 0.15) is 0 Å². The molecule has 0 aromatic carbocycles. The van der Waals surface area contributed by atoms with E-state index in [4.69, 9.17) is 16.7 Å². The molecule has 1 atom stereocenters. The van der Waals surface area contributed by atoms with Crippen LogP contribution in [0.15, 0.2) is 12.3 Å². The fourth-order valence-corrected chi connectivity index (χ4v) is 1.31. The van der Waals surface area contributed by atoms with Crippen molar-refractivity contribution in [1.82, 2.24) is 4.98 Å². The van der Waals surface area contributed by atoms with Crippen LogP contribution in [0, 0.1) is 10.1 Å². The molecule has 1 heterocycles. The Bertz CT molecular complexity index is 400. The first-order chi connectivity index (χ1) is 7.47. The summed E-state index contributed by atoms with van der Waals surface area (Å²) in [6, 6.07) is 0.983. The third kappa shape index (κ3) is 2.59. The van der Waals surface area contributed by atoms with E-state index in [9.17, 15) is 10.1 Å². The van der Waals surface area contributed by atoms with Gasteiger partial charge in [0.2, 0.25) is 5.82 Å². The number of pyridine rings is 1. The molecule has 1 rings (SSSR count). The molecule has 1 aromatic heterocycles. The Morgan fingerprint density at radius 3 is 2.88 bits per heavy atom. The lowest BCUT2D eigenvalue weighted by Crippen LogP contribution is -2.32. The number of anilines is 1. The Morgan fingerprint density at radius 1 is 1.75 bits per heavy atom. The van der Waals surface area contributed by atoms with Gasteiger partial charge in [-0.3, -0.25) is 10.1 Å². The minimum absolute atomic E-state index is 0.113. The summed E-state index contributed by atoms with van der Waals surface area (Å²) in [7, 11) is 1.63. The molecule has 1 unspecified atom stereocenters. The van der Waals surface area contributed by atoms with Crippen LogP contribution in [0.5, 0.6) is 0 Å². The lowest BCUT2D eigenvalue weighted by molar-refractivity contribution is -0.384. The molecule has 0 aliphatic heterocycles. The molecule has 0 saturated carbocycles. The van der Waals surface area contributed by atoms with Crippen molar-refractivity contribution in [2.45, 2.75) is 13.0 Å². The zero-order chi connectivity index (χ0) is 12.3. The van der Waals surface area contributed by atoms with Gasteiger partial charge < -0.3 is 10.0 Å². The maximum Gasteiger partial charge on any atom is 0.313 e.